The first-order valence-electron chi connectivity index (χ1n) is 8.73. The van der Waals surface area contributed by atoms with Gasteiger partial charge in [0.1, 0.15) is 5.82 Å². The largest absolute Gasteiger partial charge is 0.325 e. The standard InChI is InChI=1S/C21H22N4OS/c1-4-14-25-16(3)23-24-21(25)27-15(2)20(26)22-19-13-9-8-12-18(19)17-10-6-5-7-11-17/h4-13,15H,1,14H2,2-3H3,(H,22,26). The van der Waals surface area contributed by atoms with Gasteiger partial charge in [0.15, 0.2) is 5.16 Å². The Hall–Kier alpha value is -2.86. The van der Waals surface area contributed by atoms with Crippen LogP contribution in [-0.2, 0) is 11.3 Å². The van der Waals surface area contributed by atoms with Crippen molar-refractivity contribution in [3.8, 4) is 11.1 Å². The Bertz CT molecular complexity index is 936. The van der Waals surface area contributed by atoms with Crippen LogP contribution in [0.3, 0.4) is 0 Å². The first kappa shape index (κ1) is 18.9. The zero-order chi connectivity index (χ0) is 19.2. The van der Waals surface area contributed by atoms with E-state index in [0.29, 0.717) is 11.7 Å². The number of thioether (sulfide) groups is 1. The van der Waals surface area contributed by atoms with Crippen molar-refractivity contribution in [2.24, 2.45) is 0 Å². The highest BCUT2D eigenvalue weighted by Crippen LogP contribution is 2.29. The lowest BCUT2D eigenvalue weighted by molar-refractivity contribution is -0.115. The molecule has 0 saturated heterocycles. The second kappa shape index (κ2) is 8.68. The van der Waals surface area contributed by atoms with Gasteiger partial charge in [-0.25, -0.2) is 0 Å². The molecule has 1 heterocycles. The van der Waals surface area contributed by atoms with Crippen LogP contribution in [0.1, 0.15) is 12.7 Å². The minimum absolute atomic E-state index is 0.0748. The van der Waals surface area contributed by atoms with Gasteiger partial charge in [0.2, 0.25) is 5.91 Å². The lowest BCUT2D eigenvalue weighted by atomic mass is 10.0. The lowest BCUT2D eigenvalue weighted by Crippen LogP contribution is -2.23. The van der Waals surface area contributed by atoms with Crippen molar-refractivity contribution in [1.29, 1.82) is 0 Å². The molecule has 6 heteroatoms. The van der Waals surface area contributed by atoms with Gasteiger partial charge >= 0.3 is 0 Å². The molecule has 27 heavy (non-hydrogen) atoms. The van der Waals surface area contributed by atoms with Crippen molar-refractivity contribution in [3.05, 3.63) is 73.1 Å². The summed E-state index contributed by atoms with van der Waals surface area (Å²) in [5.41, 5.74) is 2.86. The predicted molar refractivity (Wildman–Crippen MR) is 111 cm³/mol. The van der Waals surface area contributed by atoms with Crippen molar-refractivity contribution in [3.63, 3.8) is 0 Å². The van der Waals surface area contributed by atoms with Crippen LogP contribution >= 0.6 is 11.8 Å². The van der Waals surface area contributed by atoms with Crippen LogP contribution in [0.15, 0.2) is 72.4 Å². The van der Waals surface area contributed by atoms with Crippen LogP contribution in [0.25, 0.3) is 11.1 Å². The van der Waals surface area contributed by atoms with Crippen molar-refractivity contribution in [2.45, 2.75) is 30.8 Å². The van der Waals surface area contributed by atoms with E-state index in [0.717, 1.165) is 22.6 Å². The molecule has 1 unspecified atom stereocenters. The summed E-state index contributed by atoms with van der Waals surface area (Å²) in [4.78, 5) is 12.8. The first-order valence-corrected chi connectivity index (χ1v) is 9.60. The van der Waals surface area contributed by atoms with Crippen molar-refractivity contribution in [1.82, 2.24) is 14.8 Å². The zero-order valence-electron chi connectivity index (χ0n) is 15.4. The summed E-state index contributed by atoms with van der Waals surface area (Å²) < 4.78 is 1.94. The highest BCUT2D eigenvalue weighted by Gasteiger charge is 2.20. The summed E-state index contributed by atoms with van der Waals surface area (Å²) >= 11 is 1.39. The average molecular weight is 379 g/mol. The van der Waals surface area contributed by atoms with Gasteiger partial charge < -0.3 is 9.88 Å². The van der Waals surface area contributed by atoms with E-state index in [2.05, 4.69) is 22.1 Å². The number of anilines is 1. The number of aryl methyl sites for hydroxylation is 1. The predicted octanol–water partition coefficient (Wildman–Crippen LogP) is 4.56. The highest BCUT2D eigenvalue weighted by atomic mass is 32.2. The summed E-state index contributed by atoms with van der Waals surface area (Å²) in [7, 11) is 0. The number of aromatic nitrogens is 3. The van der Waals surface area contributed by atoms with Crippen molar-refractivity contribution in [2.75, 3.05) is 5.32 Å². The minimum atomic E-state index is -0.319. The molecule has 1 atom stereocenters. The number of nitrogens with zero attached hydrogens (tertiary/aromatic N) is 3. The Labute approximate surface area is 163 Å². The maximum atomic E-state index is 12.8. The molecule has 0 radical (unpaired) electrons. The van der Waals surface area contributed by atoms with Crippen LogP contribution in [0.4, 0.5) is 5.69 Å². The van der Waals surface area contributed by atoms with Gasteiger partial charge in [0.05, 0.1) is 5.25 Å². The highest BCUT2D eigenvalue weighted by molar-refractivity contribution is 8.00. The number of benzene rings is 2. The Morgan fingerprint density at radius 2 is 1.89 bits per heavy atom. The summed E-state index contributed by atoms with van der Waals surface area (Å²) in [5, 5.41) is 11.7. The van der Waals surface area contributed by atoms with E-state index in [1.807, 2.05) is 73.0 Å². The Kier molecular flexibility index (Phi) is 6.08. The molecule has 2 aromatic carbocycles. The molecule has 0 aliphatic rings. The first-order chi connectivity index (χ1) is 13.1. The van der Waals surface area contributed by atoms with E-state index in [9.17, 15) is 4.79 Å². The van der Waals surface area contributed by atoms with Crippen LogP contribution in [0, 0.1) is 6.92 Å². The van der Waals surface area contributed by atoms with Crippen molar-refractivity contribution < 1.29 is 4.79 Å². The van der Waals surface area contributed by atoms with Gasteiger partial charge in [0, 0.05) is 17.8 Å². The SMILES string of the molecule is C=CCn1c(C)nnc1SC(C)C(=O)Nc1ccccc1-c1ccccc1. The maximum Gasteiger partial charge on any atom is 0.237 e. The molecule has 0 aliphatic carbocycles. The summed E-state index contributed by atoms with van der Waals surface area (Å²) in [5.74, 6) is 0.730. The fraction of sp³-hybridized carbons (Fsp3) is 0.190. The number of para-hydroxylation sites is 1. The Morgan fingerprint density at radius 3 is 2.63 bits per heavy atom. The molecule has 3 rings (SSSR count). The van der Waals surface area contributed by atoms with Gasteiger partial charge in [-0.05, 0) is 25.5 Å². The third-order valence-corrected chi connectivity index (χ3v) is 5.22. The molecule has 0 bridgehead atoms. The number of nitrogens with one attached hydrogen (secondary N) is 1. The third-order valence-electron chi connectivity index (χ3n) is 4.13. The van der Waals surface area contributed by atoms with Crippen LogP contribution in [0.5, 0.6) is 0 Å². The molecular formula is C21H22N4OS. The van der Waals surface area contributed by atoms with Crippen LogP contribution < -0.4 is 5.32 Å². The van der Waals surface area contributed by atoms with E-state index >= 15 is 0 Å². The molecular weight excluding hydrogens is 356 g/mol. The third kappa shape index (κ3) is 4.46. The summed E-state index contributed by atoms with van der Waals surface area (Å²) in [6.45, 7) is 8.14. The number of hydrogen-bond donors (Lipinski definition) is 1. The number of carbonyl (C=O) groups is 1. The van der Waals surface area contributed by atoms with Gasteiger partial charge in [0.25, 0.3) is 0 Å². The monoisotopic (exact) mass is 378 g/mol. The minimum Gasteiger partial charge on any atom is -0.325 e. The van der Waals surface area contributed by atoms with Gasteiger partial charge in [-0.1, -0.05) is 66.4 Å². The van der Waals surface area contributed by atoms with Crippen LogP contribution in [0.2, 0.25) is 0 Å². The van der Waals surface area contributed by atoms with E-state index in [4.69, 9.17) is 0 Å². The maximum absolute atomic E-state index is 12.8. The van der Waals surface area contributed by atoms with Crippen molar-refractivity contribution >= 4 is 23.4 Å². The molecule has 138 valence electrons. The molecule has 0 aliphatic heterocycles. The zero-order valence-corrected chi connectivity index (χ0v) is 16.2. The molecule has 1 aromatic heterocycles. The second-order valence-corrected chi connectivity index (χ2v) is 7.40. The normalized spacial score (nSPS) is 11.8. The number of rotatable bonds is 7. The molecule has 0 saturated carbocycles. The number of carbonyl (C=O) groups excluding carboxylic acids is 1. The second-order valence-electron chi connectivity index (χ2n) is 6.09. The van der Waals surface area contributed by atoms with E-state index in [-0.39, 0.29) is 11.2 Å². The van der Waals surface area contributed by atoms with Gasteiger partial charge in [-0.2, -0.15) is 0 Å². The smallest absolute Gasteiger partial charge is 0.237 e. The van der Waals surface area contributed by atoms with E-state index in [1.165, 1.54) is 11.8 Å². The lowest BCUT2D eigenvalue weighted by Gasteiger charge is -2.15. The molecule has 0 spiro atoms. The van der Waals surface area contributed by atoms with Gasteiger partial charge in [-0.3, -0.25) is 4.79 Å². The molecule has 3 aromatic rings. The fourth-order valence-corrected chi connectivity index (χ4v) is 3.60. The van der Waals surface area contributed by atoms with Crippen LogP contribution in [-0.4, -0.2) is 25.9 Å². The quantitative estimate of drug-likeness (QED) is 0.484. The number of amides is 1. The topological polar surface area (TPSA) is 59.8 Å². The van der Waals surface area contributed by atoms with Gasteiger partial charge in [-0.15, -0.1) is 16.8 Å². The fourth-order valence-electron chi connectivity index (χ4n) is 2.70. The molecule has 1 amide bonds. The summed E-state index contributed by atoms with van der Waals surface area (Å²) in [6, 6.07) is 17.8. The molecule has 5 nitrogen and oxygen atoms in total. The Morgan fingerprint density at radius 1 is 1.19 bits per heavy atom. The Balaban J connectivity index is 1.76. The van der Waals surface area contributed by atoms with E-state index < -0.39 is 0 Å². The molecule has 1 N–H and O–H groups in total. The van der Waals surface area contributed by atoms with E-state index in [1.54, 1.807) is 6.08 Å². The summed E-state index contributed by atoms with van der Waals surface area (Å²) in [6.07, 6.45) is 1.79. The number of hydrogen-bond acceptors (Lipinski definition) is 4. The number of allylic oxidation sites excluding steroid dienone is 1. The average Bonchev–Trinajstić information content (AvgIpc) is 3.03. The molecule has 0 fully saturated rings.